The Labute approximate surface area is 178 Å². The Balaban J connectivity index is 1.48. The molecule has 1 aliphatic carbocycles. The van der Waals surface area contributed by atoms with Gasteiger partial charge in [0, 0.05) is 5.56 Å². The maximum Gasteiger partial charge on any atom is 0.194 e. The summed E-state index contributed by atoms with van der Waals surface area (Å²) in [7, 11) is 0. The fourth-order valence-electron chi connectivity index (χ4n) is 4.12. The first kappa shape index (κ1) is 22.2. The second-order valence-corrected chi connectivity index (χ2v) is 8.19. The van der Waals surface area contributed by atoms with Gasteiger partial charge >= 0.3 is 0 Å². The van der Waals surface area contributed by atoms with E-state index in [9.17, 15) is 13.2 Å². The fourth-order valence-corrected chi connectivity index (χ4v) is 4.12. The molecule has 0 N–H and O–H groups in total. The lowest BCUT2D eigenvalue weighted by molar-refractivity contribution is 0.376. The smallest absolute Gasteiger partial charge is 0.194 e. The largest absolute Gasteiger partial charge is 0.204 e. The molecule has 0 heterocycles. The quantitative estimate of drug-likeness (QED) is 0.260. The van der Waals surface area contributed by atoms with Gasteiger partial charge in [-0.25, -0.2) is 13.2 Å². The van der Waals surface area contributed by atoms with E-state index in [0.717, 1.165) is 37.8 Å². The number of unbranched alkanes of at least 4 members (excludes halogenated alkanes) is 2. The first-order valence-electron chi connectivity index (χ1n) is 11.0. The van der Waals surface area contributed by atoms with E-state index in [0.29, 0.717) is 11.8 Å². The summed E-state index contributed by atoms with van der Waals surface area (Å²) < 4.78 is 39.4. The van der Waals surface area contributed by atoms with Crippen molar-refractivity contribution in [2.45, 2.75) is 64.2 Å². The Bertz CT molecular complexity index is 884. The van der Waals surface area contributed by atoms with E-state index in [-0.39, 0.29) is 5.56 Å². The van der Waals surface area contributed by atoms with Crippen LogP contribution in [-0.4, -0.2) is 0 Å². The molecule has 3 rings (SSSR count). The van der Waals surface area contributed by atoms with Gasteiger partial charge in [0.05, 0.1) is 0 Å². The highest BCUT2D eigenvalue weighted by molar-refractivity contribution is 5.38. The first-order chi connectivity index (χ1) is 14.6. The Kier molecular flexibility index (Phi) is 8.20. The van der Waals surface area contributed by atoms with Crippen LogP contribution in [0.2, 0.25) is 0 Å². The average molecular weight is 411 g/mol. The van der Waals surface area contributed by atoms with Crippen LogP contribution in [-0.2, 0) is 6.42 Å². The lowest BCUT2D eigenvalue weighted by Gasteiger charge is -2.27. The Hall–Kier alpha value is -2.47. The second-order valence-electron chi connectivity index (χ2n) is 8.19. The molecule has 1 saturated carbocycles. The van der Waals surface area contributed by atoms with Crippen LogP contribution in [0.5, 0.6) is 0 Å². The summed E-state index contributed by atoms with van der Waals surface area (Å²) >= 11 is 0. The van der Waals surface area contributed by atoms with Gasteiger partial charge in [-0.1, -0.05) is 61.9 Å². The van der Waals surface area contributed by atoms with Crippen LogP contribution in [0.4, 0.5) is 13.2 Å². The Morgan fingerprint density at radius 1 is 0.933 bits per heavy atom. The predicted molar refractivity (Wildman–Crippen MR) is 117 cm³/mol. The molecule has 30 heavy (non-hydrogen) atoms. The van der Waals surface area contributed by atoms with Crippen molar-refractivity contribution in [3.05, 3.63) is 82.7 Å². The van der Waals surface area contributed by atoms with Crippen molar-refractivity contribution in [3.63, 3.8) is 0 Å². The van der Waals surface area contributed by atoms with Crippen molar-refractivity contribution in [2.75, 3.05) is 0 Å². The summed E-state index contributed by atoms with van der Waals surface area (Å²) in [5.41, 5.74) is 3.01. The number of benzene rings is 2. The fraction of sp³-hybridized carbons (Fsp3) is 0.407. The maximum atomic E-state index is 13.2. The van der Waals surface area contributed by atoms with Crippen molar-refractivity contribution in [1.82, 2.24) is 0 Å². The highest BCUT2D eigenvalue weighted by Gasteiger charge is 2.20. The van der Waals surface area contributed by atoms with Gasteiger partial charge in [0.25, 0.3) is 0 Å². The SMILES string of the molecule is CCCCCc1ccc(C2CCC(/C=C/C#Cc3cc(F)c(F)c(F)c3)CC2)cc1. The summed E-state index contributed by atoms with van der Waals surface area (Å²) in [5, 5.41) is 0. The maximum absolute atomic E-state index is 13.2. The molecule has 1 fully saturated rings. The lowest BCUT2D eigenvalue weighted by atomic mass is 9.78. The molecule has 2 aromatic carbocycles. The van der Waals surface area contributed by atoms with Crippen LogP contribution in [0.3, 0.4) is 0 Å². The van der Waals surface area contributed by atoms with Gasteiger partial charge < -0.3 is 0 Å². The van der Waals surface area contributed by atoms with Gasteiger partial charge in [-0.2, -0.15) is 0 Å². The molecule has 0 saturated heterocycles. The van der Waals surface area contributed by atoms with E-state index < -0.39 is 17.5 Å². The van der Waals surface area contributed by atoms with Crippen LogP contribution < -0.4 is 0 Å². The molecule has 0 radical (unpaired) electrons. The summed E-state index contributed by atoms with van der Waals surface area (Å²) in [5.74, 6) is 2.69. The number of hydrogen-bond donors (Lipinski definition) is 0. The van der Waals surface area contributed by atoms with E-state index in [1.54, 1.807) is 6.08 Å². The molecular formula is C27H29F3. The van der Waals surface area contributed by atoms with Crippen LogP contribution in [0.1, 0.15) is 74.5 Å². The van der Waals surface area contributed by atoms with E-state index in [1.165, 1.54) is 36.8 Å². The molecule has 0 aromatic heterocycles. The third kappa shape index (κ3) is 6.26. The first-order valence-corrected chi connectivity index (χ1v) is 11.0. The van der Waals surface area contributed by atoms with Gasteiger partial charge in [-0.15, -0.1) is 0 Å². The summed E-state index contributed by atoms with van der Waals surface area (Å²) in [6.45, 7) is 2.23. The van der Waals surface area contributed by atoms with Crippen molar-refractivity contribution >= 4 is 0 Å². The monoisotopic (exact) mass is 410 g/mol. The molecular weight excluding hydrogens is 381 g/mol. The van der Waals surface area contributed by atoms with Crippen molar-refractivity contribution < 1.29 is 13.2 Å². The predicted octanol–water partition coefficient (Wildman–Crippen LogP) is 7.72. The van der Waals surface area contributed by atoms with Crippen LogP contribution in [0.25, 0.3) is 0 Å². The normalized spacial score (nSPS) is 18.9. The Morgan fingerprint density at radius 2 is 1.60 bits per heavy atom. The topological polar surface area (TPSA) is 0 Å². The van der Waals surface area contributed by atoms with Crippen LogP contribution >= 0.6 is 0 Å². The minimum Gasteiger partial charge on any atom is -0.204 e. The summed E-state index contributed by atoms with van der Waals surface area (Å²) in [4.78, 5) is 0. The number of halogens is 3. The molecule has 2 aromatic rings. The van der Waals surface area contributed by atoms with Gasteiger partial charge in [-0.05, 0) is 79.7 Å². The molecule has 0 bridgehead atoms. The van der Waals surface area contributed by atoms with Crippen molar-refractivity contribution in [2.24, 2.45) is 5.92 Å². The molecule has 1 aliphatic rings. The number of hydrogen-bond acceptors (Lipinski definition) is 0. The van der Waals surface area contributed by atoms with E-state index in [1.807, 2.05) is 0 Å². The standard InChI is InChI=1S/C27H29F3/c1-2-3-4-7-20-10-14-23(15-11-20)24-16-12-21(13-17-24)8-5-6-9-22-18-25(28)27(30)26(29)19-22/h5,8,10-11,14-15,18-19,21,24H,2-4,7,12-13,16-17H2,1H3/b8-5+. The van der Waals surface area contributed by atoms with E-state index >= 15 is 0 Å². The lowest BCUT2D eigenvalue weighted by Crippen LogP contribution is -2.11. The zero-order valence-corrected chi connectivity index (χ0v) is 17.6. The van der Waals surface area contributed by atoms with Gasteiger partial charge in [0.2, 0.25) is 0 Å². The molecule has 0 atom stereocenters. The van der Waals surface area contributed by atoms with E-state index in [2.05, 4.69) is 49.1 Å². The minimum atomic E-state index is -1.46. The van der Waals surface area contributed by atoms with E-state index in [4.69, 9.17) is 0 Å². The summed E-state index contributed by atoms with van der Waals surface area (Å²) in [6, 6.07) is 11.0. The highest BCUT2D eigenvalue weighted by Crippen LogP contribution is 2.36. The van der Waals surface area contributed by atoms with Gasteiger partial charge in [0.15, 0.2) is 17.5 Å². The third-order valence-electron chi connectivity index (χ3n) is 5.94. The van der Waals surface area contributed by atoms with Gasteiger partial charge in [0.1, 0.15) is 0 Å². The van der Waals surface area contributed by atoms with Crippen LogP contribution in [0.15, 0.2) is 48.6 Å². The second kappa shape index (κ2) is 11.1. The number of aryl methyl sites for hydroxylation is 1. The average Bonchev–Trinajstić information content (AvgIpc) is 2.76. The molecule has 0 spiro atoms. The molecule has 0 unspecified atom stereocenters. The zero-order valence-electron chi connectivity index (χ0n) is 17.6. The molecule has 158 valence electrons. The number of allylic oxidation sites excluding steroid dienone is 2. The molecule has 0 amide bonds. The molecule has 3 heteroatoms. The third-order valence-corrected chi connectivity index (χ3v) is 5.94. The van der Waals surface area contributed by atoms with Crippen LogP contribution in [0, 0.1) is 35.2 Å². The van der Waals surface area contributed by atoms with Crippen molar-refractivity contribution in [3.8, 4) is 11.8 Å². The highest BCUT2D eigenvalue weighted by atomic mass is 19.2. The minimum absolute atomic E-state index is 0.137. The van der Waals surface area contributed by atoms with Crippen molar-refractivity contribution in [1.29, 1.82) is 0 Å². The molecule has 0 nitrogen and oxygen atoms in total. The number of rotatable bonds is 6. The summed E-state index contributed by atoms with van der Waals surface area (Å²) in [6.07, 6.45) is 13.3. The zero-order chi connectivity index (χ0) is 21.3. The van der Waals surface area contributed by atoms with Gasteiger partial charge in [-0.3, -0.25) is 0 Å². The Morgan fingerprint density at radius 3 is 2.23 bits per heavy atom. The molecule has 0 aliphatic heterocycles.